The zero-order chi connectivity index (χ0) is 20.1. The van der Waals surface area contributed by atoms with Crippen LogP contribution in [0.25, 0.3) is 0 Å². The van der Waals surface area contributed by atoms with Gasteiger partial charge in [-0.3, -0.25) is 9.59 Å². The number of hydrogen-bond donors (Lipinski definition) is 1. The highest BCUT2D eigenvalue weighted by Gasteiger charge is 2.55. The van der Waals surface area contributed by atoms with Crippen molar-refractivity contribution in [1.82, 2.24) is 4.90 Å². The standard InChI is InChI=1S/C20H24F3NO3/c1-11-15-8-9-16(25)12(2)17(15)24(18(11)26)10-13-4-6-14(7-5-13)19(3,27)20(21,22)23/h8-9,13-14,27H,4-7,10H2,1-3H3. The van der Waals surface area contributed by atoms with Crippen molar-refractivity contribution in [2.24, 2.45) is 11.8 Å². The molecule has 0 spiro atoms. The van der Waals surface area contributed by atoms with Crippen molar-refractivity contribution < 1.29 is 27.9 Å². The summed E-state index contributed by atoms with van der Waals surface area (Å²) in [5.74, 6) is -1.07. The largest absolute Gasteiger partial charge is 0.417 e. The molecule has 1 aliphatic heterocycles. The first kappa shape index (κ1) is 19.9. The van der Waals surface area contributed by atoms with Crippen molar-refractivity contribution in [3.63, 3.8) is 0 Å². The maximum absolute atomic E-state index is 13.0. The van der Waals surface area contributed by atoms with E-state index in [4.69, 9.17) is 0 Å². The van der Waals surface area contributed by atoms with Crippen molar-refractivity contribution in [2.75, 3.05) is 6.54 Å². The van der Waals surface area contributed by atoms with E-state index in [1.54, 1.807) is 24.8 Å². The van der Waals surface area contributed by atoms with E-state index in [-0.39, 0.29) is 30.4 Å². The van der Waals surface area contributed by atoms with Crippen LogP contribution in [-0.4, -0.2) is 40.0 Å². The third-order valence-corrected chi connectivity index (χ3v) is 6.28. The van der Waals surface area contributed by atoms with Crippen LogP contribution in [0.3, 0.4) is 0 Å². The lowest BCUT2D eigenvalue weighted by Gasteiger charge is -2.40. The number of allylic oxidation sites excluding steroid dienone is 3. The molecule has 3 aliphatic rings. The second-order valence-corrected chi connectivity index (χ2v) is 7.99. The summed E-state index contributed by atoms with van der Waals surface area (Å²) < 4.78 is 39.1. The molecule has 4 nitrogen and oxygen atoms in total. The van der Waals surface area contributed by atoms with Crippen LogP contribution >= 0.6 is 0 Å². The number of halogens is 3. The molecule has 1 fully saturated rings. The maximum atomic E-state index is 13.0. The van der Waals surface area contributed by atoms with Crippen LogP contribution in [0.15, 0.2) is 34.6 Å². The van der Waals surface area contributed by atoms with E-state index >= 15 is 0 Å². The Bertz CT molecular complexity index is 766. The highest BCUT2D eigenvalue weighted by Crippen LogP contribution is 2.44. The molecule has 0 saturated heterocycles. The molecule has 1 unspecified atom stereocenters. The second kappa shape index (κ2) is 6.62. The summed E-state index contributed by atoms with van der Waals surface area (Å²) in [7, 11) is 0. The lowest BCUT2D eigenvalue weighted by Crippen LogP contribution is -2.50. The summed E-state index contributed by atoms with van der Waals surface area (Å²) in [5.41, 5.74) is -0.194. The Morgan fingerprint density at radius 2 is 1.67 bits per heavy atom. The summed E-state index contributed by atoms with van der Waals surface area (Å²) in [5, 5.41) is 9.89. The average Bonchev–Trinajstić information content (AvgIpc) is 2.83. The van der Waals surface area contributed by atoms with Gasteiger partial charge in [0.05, 0.1) is 5.70 Å². The number of amides is 1. The summed E-state index contributed by atoms with van der Waals surface area (Å²) in [6, 6.07) is 0. The van der Waals surface area contributed by atoms with Crippen molar-refractivity contribution in [3.8, 4) is 0 Å². The smallest absolute Gasteiger partial charge is 0.380 e. The number of nitrogens with zero attached hydrogens (tertiary/aromatic N) is 1. The molecule has 0 radical (unpaired) electrons. The third kappa shape index (κ3) is 3.26. The minimum atomic E-state index is -4.65. The van der Waals surface area contributed by atoms with Gasteiger partial charge < -0.3 is 10.0 Å². The fourth-order valence-electron chi connectivity index (χ4n) is 4.32. The minimum absolute atomic E-state index is 0.0442. The molecule has 0 bridgehead atoms. The predicted molar refractivity (Wildman–Crippen MR) is 93.4 cm³/mol. The van der Waals surface area contributed by atoms with Crippen LogP contribution in [0.5, 0.6) is 0 Å². The topological polar surface area (TPSA) is 57.6 Å². The molecule has 0 aromatic heterocycles. The van der Waals surface area contributed by atoms with Gasteiger partial charge in [-0.2, -0.15) is 13.2 Å². The van der Waals surface area contributed by atoms with Crippen LogP contribution in [0.4, 0.5) is 13.2 Å². The minimum Gasteiger partial charge on any atom is -0.380 e. The van der Waals surface area contributed by atoms with E-state index in [2.05, 4.69) is 0 Å². The molecular formula is C20H24F3NO3. The van der Waals surface area contributed by atoms with Gasteiger partial charge in [-0.1, -0.05) is 0 Å². The fraction of sp³-hybridized carbons (Fsp3) is 0.600. The van der Waals surface area contributed by atoms with Gasteiger partial charge in [0.2, 0.25) is 0 Å². The predicted octanol–water partition coefficient (Wildman–Crippen LogP) is 3.68. The summed E-state index contributed by atoms with van der Waals surface area (Å²) in [6.07, 6.45) is -0.00269. The molecule has 1 amide bonds. The van der Waals surface area contributed by atoms with Gasteiger partial charge >= 0.3 is 6.18 Å². The first-order valence-corrected chi connectivity index (χ1v) is 9.20. The number of hydrogen-bond acceptors (Lipinski definition) is 3. The first-order chi connectivity index (χ1) is 12.4. The first-order valence-electron chi connectivity index (χ1n) is 9.20. The monoisotopic (exact) mass is 383 g/mol. The quantitative estimate of drug-likeness (QED) is 0.809. The third-order valence-electron chi connectivity index (χ3n) is 6.28. The van der Waals surface area contributed by atoms with E-state index in [1.807, 2.05) is 0 Å². The highest BCUT2D eigenvalue weighted by molar-refractivity contribution is 6.11. The van der Waals surface area contributed by atoms with Crippen molar-refractivity contribution in [2.45, 2.75) is 58.2 Å². The average molecular weight is 383 g/mol. The lowest BCUT2D eigenvalue weighted by atomic mass is 9.73. The summed E-state index contributed by atoms with van der Waals surface area (Å²) in [6.45, 7) is 4.64. The molecule has 1 saturated carbocycles. The fourth-order valence-corrected chi connectivity index (χ4v) is 4.32. The number of ketones is 1. The normalized spacial score (nSPS) is 28.8. The summed E-state index contributed by atoms with van der Waals surface area (Å²) >= 11 is 0. The van der Waals surface area contributed by atoms with Crippen LogP contribution in [0.2, 0.25) is 0 Å². The van der Waals surface area contributed by atoms with Gasteiger partial charge in [-0.05, 0) is 70.4 Å². The number of fused-ring (bicyclic) bond motifs is 1. The van der Waals surface area contributed by atoms with Crippen LogP contribution in [0.1, 0.15) is 46.5 Å². The molecule has 1 N–H and O–H groups in total. The van der Waals surface area contributed by atoms with Crippen LogP contribution in [-0.2, 0) is 9.59 Å². The molecule has 2 aliphatic carbocycles. The zero-order valence-corrected chi connectivity index (χ0v) is 15.7. The molecule has 7 heteroatoms. The van der Waals surface area contributed by atoms with Gasteiger partial charge in [-0.25, -0.2) is 0 Å². The van der Waals surface area contributed by atoms with Gasteiger partial charge in [0.1, 0.15) is 0 Å². The molecule has 0 aromatic rings. The van der Waals surface area contributed by atoms with Crippen molar-refractivity contribution >= 4 is 11.7 Å². The number of alkyl halides is 3. The SMILES string of the molecule is CC1=C2C=CC(=O)C(C)=C2N(CC2CCC(C(C)(O)C(F)(F)F)CC2)C1=O. The van der Waals surface area contributed by atoms with E-state index in [9.17, 15) is 27.9 Å². The van der Waals surface area contributed by atoms with Gasteiger partial charge in [0.25, 0.3) is 5.91 Å². The molecule has 3 rings (SSSR count). The van der Waals surface area contributed by atoms with Crippen molar-refractivity contribution in [1.29, 1.82) is 0 Å². The number of rotatable bonds is 3. The van der Waals surface area contributed by atoms with Crippen LogP contribution < -0.4 is 0 Å². The van der Waals surface area contributed by atoms with Gasteiger partial charge in [0, 0.05) is 23.3 Å². The zero-order valence-electron chi connectivity index (χ0n) is 15.7. The Labute approximate surface area is 156 Å². The van der Waals surface area contributed by atoms with Gasteiger partial charge in [0.15, 0.2) is 11.4 Å². The Balaban J connectivity index is 1.71. The molecule has 0 aromatic carbocycles. The van der Waals surface area contributed by atoms with E-state index in [1.165, 1.54) is 6.08 Å². The maximum Gasteiger partial charge on any atom is 0.417 e. The molecule has 1 atom stereocenters. The number of carbonyl (C=O) groups excluding carboxylic acids is 2. The van der Waals surface area contributed by atoms with E-state index in [0.717, 1.165) is 12.5 Å². The van der Waals surface area contributed by atoms with Gasteiger partial charge in [-0.15, -0.1) is 0 Å². The Morgan fingerprint density at radius 1 is 1.07 bits per heavy atom. The Morgan fingerprint density at radius 3 is 2.22 bits per heavy atom. The molecule has 27 heavy (non-hydrogen) atoms. The lowest BCUT2D eigenvalue weighted by molar-refractivity contribution is -0.275. The summed E-state index contributed by atoms with van der Waals surface area (Å²) in [4.78, 5) is 26.3. The molecule has 1 heterocycles. The highest BCUT2D eigenvalue weighted by atomic mass is 19.4. The van der Waals surface area contributed by atoms with Crippen LogP contribution in [0, 0.1) is 11.8 Å². The Kier molecular flexibility index (Phi) is 4.87. The van der Waals surface area contributed by atoms with E-state index < -0.39 is 17.7 Å². The van der Waals surface area contributed by atoms with E-state index in [0.29, 0.717) is 36.2 Å². The Hall–Kier alpha value is -1.89. The number of aliphatic hydroxyl groups is 1. The van der Waals surface area contributed by atoms with Crippen molar-refractivity contribution in [3.05, 3.63) is 34.6 Å². The molecule has 148 valence electrons. The number of carbonyl (C=O) groups is 2. The second-order valence-electron chi connectivity index (χ2n) is 7.99. The molecular weight excluding hydrogens is 359 g/mol.